The van der Waals surface area contributed by atoms with E-state index in [2.05, 4.69) is 4.98 Å². The van der Waals surface area contributed by atoms with E-state index < -0.39 is 45.5 Å². The number of halogens is 6. The zero-order valence-electron chi connectivity index (χ0n) is 19.0. The van der Waals surface area contributed by atoms with Crippen molar-refractivity contribution in [1.82, 2.24) is 4.98 Å². The summed E-state index contributed by atoms with van der Waals surface area (Å²) < 4.78 is 85.3. The number of nitrogens with zero attached hydrogens (tertiary/aromatic N) is 3. The summed E-state index contributed by atoms with van der Waals surface area (Å²) in [5.41, 5.74) is 0.924. The third-order valence-electron chi connectivity index (χ3n) is 6.16. The van der Waals surface area contributed by atoms with Gasteiger partial charge in [0.15, 0.2) is 0 Å². The smallest absolute Gasteiger partial charge is 0.384 e. The molecule has 1 aliphatic rings. The van der Waals surface area contributed by atoms with E-state index in [1.807, 2.05) is 0 Å². The molecule has 2 aromatic rings. The Morgan fingerprint density at radius 2 is 1.63 bits per heavy atom. The zero-order chi connectivity index (χ0) is 26.2. The number of alkyl halides is 6. The molecule has 0 bridgehead atoms. The fourth-order valence-electron chi connectivity index (χ4n) is 4.64. The molecule has 0 atom stereocenters. The number of methoxy groups -OCH3 is 1. The lowest BCUT2D eigenvalue weighted by molar-refractivity contribution is -0.383. The fourth-order valence-corrected chi connectivity index (χ4v) is 4.64. The third-order valence-corrected chi connectivity index (χ3v) is 6.16. The van der Waals surface area contributed by atoms with Crippen molar-refractivity contribution in [2.24, 2.45) is 5.41 Å². The predicted octanol–water partition coefficient (Wildman–Crippen LogP) is 5.92. The van der Waals surface area contributed by atoms with Gasteiger partial charge in [-0.05, 0) is 37.1 Å². The monoisotopic (exact) mass is 506 g/mol. The van der Waals surface area contributed by atoms with Gasteiger partial charge >= 0.3 is 18.0 Å². The molecule has 0 unspecified atom stereocenters. The van der Waals surface area contributed by atoms with E-state index in [0.717, 1.165) is 31.7 Å². The normalized spacial score (nSPS) is 15.9. The first-order valence-electron chi connectivity index (χ1n) is 10.6. The summed E-state index contributed by atoms with van der Waals surface area (Å²) in [6.45, 7) is 0.697. The van der Waals surface area contributed by atoms with Gasteiger partial charge in [0.2, 0.25) is 5.82 Å². The average molecular weight is 506 g/mol. The first-order valence-corrected chi connectivity index (χ1v) is 10.6. The molecular formula is C22H24F6N4O3. The summed E-state index contributed by atoms with van der Waals surface area (Å²) in [6.07, 6.45) is -6.64. The van der Waals surface area contributed by atoms with Gasteiger partial charge in [0, 0.05) is 31.7 Å². The maximum atomic E-state index is 13.3. The number of rotatable bonds is 7. The van der Waals surface area contributed by atoms with Crippen LogP contribution in [-0.2, 0) is 17.1 Å². The van der Waals surface area contributed by atoms with Crippen molar-refractivity contribution in [3.63, 3.8) is 0 Å². The molecule has 0 saturated heterocycles. The van der Waals surface area contributed by atoms with Gasteiger partial charge in [0.1, 0.15) is 5.69 Å². The van der Waals surface area contributed by atoms with Crippen molar-refractivity contribution in [2.45, 2.75) is 38.0 Å². The standard InChI is InChI=1S/C22H24F6N4O3/c1-31(11-20(12-35-2)5-3-4-6-20)17-10-16(30-19(29)18(17)32(33)34)13-7-14(21(23,24)25)9-15(8-13)22(26,27)28/h7-10H,3-6,11-12H2,1-2H3,(H2,29,30). The molecule has 3 rings (SSSR count). The van der Waals surface area contributed by atoms with Crippen LogP contribution in [0.25, 0.3) is 11.3 Å². The molecule has 7 nitrogen and oxygen atoms in total. The van der Waals surface area contributed by atoms with Crippen LogP contribution >= 0.6 is 0 Å². The second-order valence-electron chi connectivity index (χ2n) is 8.81. The van der Waals surface area contributed by atoms with E-state index in [9.17, 15) is 36.5 Å². The lowest BCUT2D eigenvalue weighted by atomic mass is 9.86. The van der Waals surface area contributed by atoms with Crippen molar-refractivity contribution in [3.05, 3.63) is 45.5 Å². The van der Waals surface area contributed by atoms with Crippen LogP contribution in [-0.4, -0.2) is 37.2 Å². The Morgan fingerprint density at radius 1 is 1.09 bits per heavy atom. The Bertz CT molecular complexity index is 1070. The highest BCUT2D eigenvalue weighted by molar-refractivity contribution is 5.79. The van der Waals surface area contributed by atoms with Crippen LogP contribution in [0.3, 0.4) is 0 Å². The maximum Gasteiger partial charge on any atom is 0.416 e. The fraction of sp³-hybridized carbons (Fsp3) is 0.500. The van der Waals surface area contributed by atoms with E-state index in [1.165, 1.54) is 12.0 Å². The molecule has 1 aromatic heterocycles. The number of hydrogen-bond acceptors (Lipinski definition) is 6. The van der Waals surface area contributed by atoms with E-state index in [0.29, 0.717) is 25.3 Å². The SMILES string of the molecule is COCC1(CN(C)c2cc(-c3cc(C(F)(F)F)cc(C(F)(F)F)c3)nc(N)c2[N+](=O)[O-])CCCC1. The van der Waals surface area contributed by atoms with E-state index in [1.54, 1.807) is 7.05 Å². The number of pyridine rings is 1. The summed E-state index contributed by atoms with van der Waals surface area (Å²) in [7, 11) is 3.09. The Hall–Kier alpha value is -3.09. The van der Waals surface area contributed by atoms with Crippen LogP contribution in [0.2, 0.25) is 0 Å². The van der Waals surface area contributed by atoms with Gasteiger partial charge < -0.3 is 15.4 Å². The Balaban J connectivity index is 2.16. The summed E-state index contributed by atoms with van der Waals surface area (Å²) >= 11 is 0. The highest BCUT2D eigenvalue weighted by atomic mass is 19.4. The third kappa shape index (κ3) is 5.77. The van der Waals surface area contributed by atoms with Gasteiger partial charge in [-0.25, -0.2) is 4.98 Å². The number of nitrogen functional groups attached to an aromatic ring is 1. The Morgan fingerprint density at radius 3 is 2.09 bits per heavy atom. The number of hydrogen-bond donors (Lipinski definition) is 1. The Kier molecular flexibility index (Phi) is 7.21. The highest BCUT2D eigenvalue weighted by Crippen LogP contribution is 2.44. The number of nitro groups is 1. The van der Waals surface area contributed by atoms with Crippen LogP contribution in [0, 0.1) is 15.5 Å². The molecule has 1 aromatic carbocycles. The second-order valence-corrected chi connectivity index (χ2v) is 8.81. The summed E-state index contributed by atoms with van der Waals surface area (Å²) in [4.78, 5) is 16.3. The van der Waals surface area contributed by atoms with Gasteiger partial charge in [-0.2, -0.15) is 26.3 Å². The number of benzene rings is 1. The van der Waals surface area contributed by atoms with Gasteiger partial charge in [-0.1, -0.05) is 12.8 Å². The lowest BCUT2D eigenvalue weighted by Crippen LogP contribution is -2.37. The number of ether oxygens (including phenoxy) is 1. The summed E-state index contributed by atoms with van der Waals surface area (Å²) in [6, 6.07) is 2.12. The largest absolute Gasteiger partial charge is 0.416 e. The first-order chi connectivity index (χ1) is 16.2. The van der Waals surface area contributed by atoms with Gasteiger partial charge in [-0.15, -0.1) is 0 Å². The molecule has 13 heteroatoms. The first kappa shape index (κ1) is 26.5. The molecule has 0 spiro atoms. The molecule has 1 fully saturated rings. The quantitative estimate of drug-likeness (QED) is 0.285. The highest BCUT2D eigenvalue weighted by Gasteiger charge is 2.39. The van der Waals surface area contributed by atoms with Crippen LogP contribution in [0.4, 0.5) is 43.5 Å². The molecule has 35 heavy (non-hydrogen) atoms. The molecule has 1 aliphatic carbocycles. The molecule has 1 saturated carbocycles. The van der Waals surface area contributed by atoms with Crippen molar-refractivity contribution in [1.29, 1.82) is 0 Å². The number of nitrogens with two attached hydrogens (primary N) is 1. The van der Waals surface area contributed by atoms with Crippen LogP contribution in [0.15, 0.2) is 24.3 Å². The van der Waals surface area contributed by atoms with Crippen molar-refractivity contribution in [2.75, 3.05) is 37.9 Å². The minimum atomic E-state index is -5.06. The zero-order valence-corrected chi connectivity index (χ0v) is 19.0. The number of anilines is 2. The molecule has 0 aliphatic heterocycles. The molecule has 1 heterocycles. The van der Waals surface area contributed by atoms with Crippen molar-refractivity contribution < 1.29 is 36.0 Å². The molecular weight excluding hydrogens is 482 g/mol. The number of aromatic nitrogens is 1. The van der Waals surface area contributed by atoms with Gasteiger partial charge in [0.05, 0.1) is 28.4 Å². The predicted molar refractivity (Wildman–Crippen MR) is 117 cm³/mol. The minimum Gasteiger partial charge on any atom is -0.384 e. The van der Waals surface area contributed by atoms with Crippen LogP contribution in [0.1, 0.15) is 36.8 Å². The molecule has 192 valence electrons. The van der Waals surface area contributed by atoms with E-state index >= 15 is 0 Å². The van der Waals surface area contributed by atoms with Crippen LogP contribution in [0.5, 0.6) is 0 Å². The molecule has 0 radical (unpaired) electrons. The van der Waals surface area contributed by atoms with E-state index in [-0.39, 0.29) is 22.9 Å². The van der Waals surface area contributed by atoms with E-state index in [4.69, 9.17) is 10.5 Å². The molecule has 0 amide bonds. The topological polar surface area (TPSA) is 94.5 Å². The van der Waals surface area contributed by atoms with Crippen molar-refractivity contribution in [3.8, 4) is 11.3 Å². The maximum absolute atomic E-state index is 13.3. The average Bonchev–Trinajstić information content (AvgIpc) is 3.19. The van der Waals surface area contributed by atoms with Crippen molar-refractivity contribution >= 4 is 17.2 Å². The Labute approximate surface area is 197 Å². The molecule has 2 N–H and O–H groups in total. The van der Waals surface area contributed by atoms with Gasteiger partial charge in [0.25, 0.3) is 0 Å². The van der Waals surface area contributed by atoms with Crippen LogP contribution < -0.4 is 10.6 Å². The lowest BCUT2D eigenvalue weighted by Gasteiger charge is -2.34. The summed E-state index contributed by atoms with van der Waals surface area (Å²) in [5.74, 6) is -0.618. The second kappa shape index (κ2) is 9.51. The summed E-state index contributed by atoms with van der Waals surface area (Å²) in [5, 5.41) is 11.7. The van der Waals surface area contributed by atoms with Gasteiger partial charge in [-0.3, -0.25) is 10.1 Å². The minimum absolute atomic E-state index is 0.000117.